The van der Waals surface area contributed by atoms with Crippen molar-refractivity contribution in [3.8, 4) is 5.75 Å². The quantitative estimate of drug-likeness (QED) is 0.245. The lowest BCUT2D eigenvalue weighted by molar-refractivity contribution is 0.0889. The van der Waals surface area contributed by atoms with Crippen LogP contribution in [0.2, 0.25) is 0 Å². The van der Waals surface area contributed by atoms with Gasteiger partial charge in [-0.1, -0.05) is 66.7 Å². The number of thiazole rings is 1. The first-order chi connectivity index (χ1) is 18.3. The molecule has 0 aliphatic rings. The Hall–Kier alpha value is -3.73. The molecule has 1 aromatic heterocycles. The van der Waals surface area contributed by atoms with Crippen molar-refractivity contribution < 1.29 is 22.7 Å². The van der Waals surface area contributed by atoms with Crippen molar-refractivity contribution in [1.29, 1.82) is 0 Å². The topological polar surface area (TPSA) is 97.8 Å². The molecule has 198 valence electrons. The summed E-state index contributed by atoms with van der Waals surface area (Å²) in [5, 5.41) is 0.563. The smallest absolute Gasteiger partial charge is 0.284 e. The normalized spacial score (nSPS) is 11.2. The van der Waals surface area contributed by atoms with Gasteiger partial charge in [0.2, 0.25) is 10.0 Å². The van der Waals surface area contributed by atoms with Crippen molar-refractivity contribution in [2.45, 2.75) is 20.1 Å². The molecule has 0 aliphatic heterocycles. The van der Waals surface area contributed by atoms with E-state index in [9.17, 15) is 13.2 Å². The first-order valence-electron chi connectivity index (χ1n) is 11.9. The highest BCUT2D eigenvalue weighted by molar-refractivity contribution is 7.89. The number of amides is 1. The first kappa shape index (κ1) is 27.3. The number of sulfonamides is 1. The fourth-order valence-corrected chi connectivity index (χ4v) is 5.04. The standard InChI is InChI=1S/C28H29N3O5S2/c1-21-26(27(32)30-38(2,33)34)29-28(37-21)31(19-22-10-5-3-6-11-22)24-14-9-15-25(18-24)36-17-16-35-20-23-12-7-4-8-13-23/h3-15,18H,16-17,19-20H2,1-2H3,(H,30,32). The Labute approximate surface area is 226 Å². The van der Waals surface area contributed by atoms with Gasteiger partial charge in [0.1, 0.15) is 18.1 Å². The number of aromatic nitrogens is 1. The number of nitrogens with one attached hydrogen (secondary N) is 1. The third-order valence-corrected chi connectivity index (χ3v) is 6.98. The number of hydrogen-bond donors (Lipinski definition) is 1. The summed E-state index contributed by atoms with van der Waals surface area (Å²) >= 11 is 1.32. The highest BCUT2D eigenvalue weighted by atomic mass is 32.2. The minimum atomic E-state index is -3.71. The van der Waals surface area contributed by atoms with Gasteiger partial charge in [0.05, 0.1) is 26.0 Å². The second-order valence-corrected chi connectivity index (χ2v) is 11.5. The summed E-state index contributed by atoms with van der Waals surface area (Å²) in [4.78, 5) is 19.6. The molecule has 0 saturated carbocycles. The van der Waals surface area contributed by atoms with E-state index in [0.29, 0.717) is 42.1 Å². The molecule has 4 aromatic rings. The predicted octanol–water partition coefficient (Wildman–Crippen LogP) is 5.07. The average molecular weight is 552 g/mol. The van der Waals surface area contributed by atoms with Gasteiger partial charge in [-0.15, -0.1) is 11.3 Å². The van der Waals surface area contributed by atoms with E-state index >= 15 is 0 Å². The summed E-state index contributed by atoms with van der Waals surface area (Å²) in [5.41, 5.74) is 3.05. The number of rotatable bonds is 12. The summed E-state index contributed by atoms with van der Waals surface area (Å²) in [6.45, 7) is 3.59. The van der Waals surface area contributed by atoms with Gasteiger partial charge >= 0.3 is 0 Å². The van der Waals surface area contributed by atoms with Crippen molar-refractivity contribution in [2.24, 2.45) is 0 Å². The van der Waals surface area contributed by atoms with Crippen molar-refractivity contribution in [1.82, 2.24) is 9.71 Å². The maximum atomic E-state index is 12.5. The summed E-state index contributed by atoms with van der Waals surface area (Å²) in [6, 6.07) is 27.5. The van der Waals surface area contributed by atoms with E-state index in [1.54, 1.807) is 6.92 Å². The van der Waals surface area contributed by atoms with Gasteiger partial charge < -0.3 is 14.4 Å². The highest BCUT2D eigenvalue weighted by Crippen LogP contribution is 2.34. The second-order valence-electron chi connectivity index (χ2n) is 8.56. The fourth-order valence-electron chi connectivity index (χ4n) is 3.68. The fraction of sp³-hybridized carbons (Fsp3) is 0.214. The SMILES string of the molecule is Cc1sc(N(Cc2ccccc2)c2cccc(OCCOCc3ccccc3)c2)nc1C(=O)NS(C)(=O)=O. The van der Waals surface area contributed by atoms with E-state index in [1.165, 1.54) is 11.3 Å². The molecule has 0 unspecified atom stereocenters. The van der Waals surface area contributed by atoms with Crippen LogP contribution in [0.15, 0.2) is 84.9 Å². The number of aryl methyl sites for hydroxylation is 1. The molecular formula is C28H29N3O5S2. The number of carbonyl (C=O) groups is 1. The molecule has 0 aliphatic carbocycles. The Bertz CT molecular complexity index is 1460. The van der Waals surface area contributed by atoms with Crippen LogP contribution < -0.4 is 14.4 Å². The Morgan fingerprint density at radius 2 is 1.63 bits per heavy atom. The van der Waals surface area contributed by atoms with Crippen molar-refractivity contribution >= 4 is 38.1 Å². The number of ether oxygens (including phenoxy) is 2. The third-order valence-electron chi connectivity index (χ3n) is 5.43. The van der Waals surface area contributed by atoms with Crippen molar-refractivity contribution in [3.05, 3.63) is 107 Å². The van der Waals surface area contributed by atoms with Gasteiger partial charge in [-0.25, -0.2) is 18.1 Å². The van der Waals surface area contributed by atoms with E-state index < -0.39 is 15.9 Å². The lowest BCUT2D eigenvalue weighted by Crippen LogP contribution is -2.30. The second kappa shape index (κ2) is 12.7. The molecule has 0 radical (unpaired) electrons. The zero-order valence-corrected chi connectivity index (χ0v) is 22.8. The molecule has 1 heterocycles. The zero-order valence-electron chi connectivity index (χ0n) is 21.2. The van der Waals surface area contributed by atoms with Gasteiger partial charge in [-0.3, -0.25) is 4.79 Å². The molecule has 38 heavy (non-hydrogen) atoms. The molecule has 10 heteroatoms. The van der Waals surface area contributed by atoms with Crippen molar-refractivity contribution in [2.75, 3.05) is 24.4 Å². The first-order valence-corrected chi connectivity index (χ1v) is 14.6. The van der Waals surface area contributed by atoms with E-state index in [2.05, 4.69) is 4.98 Å². The molecule has 8 nitrogen and oxygen atoms in total. The average Bonchev–Trinajstić information content (AvgIpc) is 3.29. The van der Waals surface area contributed by atoms with Crippen LogP contribution >= 0.6 is 11.3 Å². The van der Waals surface area contributed by atoms with Crippen LogP contribution in [-0.4, -0.2) is 38.8 Å². The Morgan fingerprint density at radius 3 is 2.32 bits per heavy atom. The van der Waals surface area contributed by atoms with Crippen molar-refractivity contribution in [3.63, 3.8) is 0 Å². The predicted molar refractivity (Wildman–Crippen MR) is 149 cm³/mol. The third kappa shape index (κ3) is 7.88. The van der Waals surface area contributed by atoms with Crippen LogP contribution in [0, 0.1) is 6.92 Å². The van der Waals surface area contributed by atoms with E-state index in [-0.39, 0.29) is 5.69 Å². The summed E-state index contributed by atoms with van der Waals surface area (Å²) in [5.74, 6) is -0.0769. The highest BCUT2D eigenvalue weighted by Gasteiger charge is 2.22. The van der Waals surface area contributed by atoms with Crippen LogP contribution in [0.4, 0.5) is 10.8 Å². The molecule has 1 N–H and O–H groups in total. The molecule has 1 amide bonds. The minimum absolute atomic E-state index is 0.0801. The van der Waals surface area contributed by atoms with E-state index in [1.807, 2.05) is 94.6 Å². The van der Waals surface area contributed by atoms with Crippen LogP contribution in [0.3, 0.4) is 0 Å². The van der Waals surface area contributed by atoms with Gasteiger partial charge in [0.15, 0.2) is 5.13 Å². The van der Waals surface area contributed by atoms with E-state index in [0.717, 1.165) is 23.1 Å². The summed E-state index contributed by atoms with van der Waals surface area (Å²) < 4.78 is 36.8. The van der Waals surface area contributed by atoms with Crippen LogP contribution in [0.5, 0.6) is 5.75 Å². The Morgan fingerprint density at radius 1 is 0.947 bits per heavy atom. The van der Waals surface area contributed by atoms with Crippen LogP contribution in [0.25, 0.3) is 0 Å². The molecular weight excluding hydrogens is 522 g/mol. The molecule has 0 spiro atoms. The van der Waals surface area contributed by atoms with Gasteiger partial charge in [-0.2, -0.15) is 0 Å². The Kier molecular flexibility index (Phi) is 9.11. The summed E-state index contributed by atoms with van der Waals surface area (Å²) in [7, 11) is -3.71. The molecule has 4 rings (SSSR count). The van der Waals surface area contributed by atoms with Gasteiger partial charge in [-0.05, 0) is 30.2 Å². The molecule has 0 atom stereocenters. The van der Waals surface area contributed by atoms with E-state index in [4.69, 9.17) is 9.47 Å². The summed E-state index contributed by atoms with van der Waals surface area (Å²) in [6.07, 6.45) is 0.938. The molecule has 3 aromatic carbocycles. The number of benzene rings is 3. The monoisotopic (exact) mass is 551 g/mol. The van der Waals surface area contributed by atoms with Crippen LogP contribution in [0.1, 0.15) is 26.5 Å². The largest absolute Gasteiger partial charge is 0.491 e. The molecule has 0 fully saturated rings. The maximum absolute atomic E-state index is 12.5. The maximum Gasteiger partial charge on any atom is 0.284 e. The number of anilines is 2. The number of carbonyl (C=O) groups excluding carboxylic acids is 1. The Balaban J connectivity index is 1.51. The lowest BCUT2D eigenvalue weighted by Gasteiger charge is -2.23. The molecule has 0 bridgehead atoms. The van der Waals surface area contributed by atoms with Gasteiger partial charge in [0, 0.05) is 16.6 Å². The minimum Gasteiger partial charge on any atom is -0.491 e. The van der Waals surface area contributed by atoms with Crippen LogP contribution in [-0.2, 0) is 27.9 Å². The lowest BCUT2D eigenvalue weighted by atomic mass is 10.2. The molecule has 0 saturated heterocycles. The van der Waals surface area contributed by atoms with Gasteiger partial charge in [0.25, 0.3) is 5.91 Å². The number of nitrogens with zero attached hydrogens (tertiary/aromatic N) is 2. The zero-order chi connectivity index (χ0) is 27.0. The number of hydrogen-bond acceptors (Lipinski definition) is 8.